The number of fused-ring (bicyclic) bond motifs is 1. The summed E-state index contributed by atoms with van der Waals surface area (Å²) in [5.74, 6) is -4.16. The lowest BCUT2D eigenvalue weighted by Crippen LogP contribution is -2.71. The molecule has 45 heavy (non-hydrogen) atoms. The van der Waals surface area contributed by atoms with E-state index in [9.17, 15) is 39.0 Å². The zero-order valence-electron chi connectivity index (χ0n) is 23.9. The number of carboxylic acids is 1. The number of carbonyl (C=O) groups excluding carboxylic acids is 4. The molecule has 14 heteroatoms. The van der Waals surface area contributed by atoms with E-state index < -0.39 is 52.5 Å². The Morgan fingerprint density at radius 3 is 2.58 bits per heavy atom. The van der Waals surface area contributed by atoms with Crippen molar-refractivity contribution in [3.8, 4) is 5.75 Å². The standard InChI is InChI=1S/C31H28N4O9S/c1-15(36)44-13-18-14-45-30-23(29(41)35(30)25(18)31(42)43)33-28(40)22(16-7-9-19(37)10-8-16)32-27(39)21-12-34-11-3-5-17-4-2-6-20(24(17)34)26(21)38/h2,4,6-10,12,22-23,30,37H,3,5,11,13-14H2,1H3,(H,32,39)(H,33,40)(H,42,43). The Kier molecular flexibility index (Phi) is 7.83. The molecule has 3 amide bonds. The van der Waals surface area contributed by atoms with E-state index in [4.69, 9.17) is 4.74 Å². The second kappa shape index (κ2) is 11.8. The summed E-state index contributed by atoms with van der Waals surface area (Å²) in [5.41, 5.74) is 1.39. The minimum Gasteiger partial charge on any atom is -0.508 e. The minimum absolute atomic E-state index is 0.0760. The van der Waals surface area contributed by atoms with Crippen LogP contribution in [0.25, 0.3) is 10.9 Å². The van der Waals surface area contributed by atoms with E-state index in [1.165, 1.54) is 49.1 Å². The summed E-state index contributed by atoms with van der Waals surface area (Å²) in [6.07, 6.45) is 3.15. The quantitative estimate of drug-likeness (QED) is 0.209. The SMILES string of the molecule is CC(=O)OCC1=C(C(=O)O)N2C(=O)C(NC(=O)C(NC(=O)c3cn4c5c(cccc5c3=O)CCC4)c3ccc(O)cc3)C2SC1. The monoisotopic (exact) mass is 632 g/mol. The second-order valence-electron chi connectivity index (χ2n) is 10.9. The van der Waals surface area contributed by atoms with E-state index in [1.807, 2.05) is 10.6 Å². The van der Waals surface area contributed by atoms with Crippen molar-refractivity contribution < 1.29 is 38.9 Å². The normalized spacial score (nSPS) is 19.3. The number of aromatic hydroxyl groups is 1. The van der Waals surface area contributed by atoms with E-state index in [1.54, 1.807) is 12.1 Å². The average Bonchev–Trinajstić information content (AvgIpc) is 3.02. The number of nitrogens with zero attached hydrogens (tertiary/aromatic N) is 2. The molecule has 3 atom stereocenters. The number of nitrogens with one attached hydrogen (secondary N) is 2. The van der Waals surface area contributed by atoms with Crippen LogP contribution in [0.1, 0.15) is 40.9 Å². The first-order valence-corrected chi connectivity index (χ1v) is 15.2. The first-order chi connectivity index (χ1) is 21.5. The Hall–Kier alpha value is -5.11. The maximum Gasteiger partial charge on any atom is 0.352 e. The summed E-state index contributed by atoms with van der Waals surface area (Å²) in [4.78, 5) is 78.3. The number of benzene rings is 2. The highest BCUT2D eigenvalue weighted by Gasteiger charge is 2.54. The third-order valence-electron chi connectivity index (χ3n) is 8.03. The number of carbonyl (C=O) groups is 5. The van der Waals surface area contributed by atoms with Gasteiger partial charge in [-0.2, -0.15) is 0 Å². The molecule has 0 radical (unpaired) electrons. The Bertz CT molecular complexity index is 1870. The van der Waals surface area contributed by atoms with Crippen LogP contribution in [0.3, 0.4) is 0 Å². The van der Waals surface area contributed by atoms with Crippen LogP contribution in [-0.4, -0.2) is 73.1 Å². The van der Waals surface area contributed by atoms with Crippen molar-refractivity contribution in [1.82, 2.24) is 20.1 Å². The molecule has 4 heterocycles. The Morgan fingerprint density at radius 1 is 1.11 bits per heavy atom. The van der Waals surface area contributed by atoms with E-state index >= 15 is 0 Å². The van der Waals surface area contributed by atoms with Crippen LogP contribution in [0, 0.1) is 0 Å². The largest absolute Gasteiger partial charge is 0.508 e. The van der Waals surface area contributed by atoms with Gasteiger partial charge in [0.2, 0.25) is 11.3 Å². The number of phenols is 1. The molecule has 0 aliphatic carbocycles. The number of β-lactam (4-membered cyclic amide) rings is 1. The number of phenolic OH excluding ortho intramolecular Hbond substituents is 1. The zero-order valence-corrected chi connectivity index (χ0v) is 24.8. The number of rotatable bonds is 8. The lowest BCUT2D eigenvalue weighted by atomic mass is 9.99. The van der Waals surface area contributed by atoms with Gasteiger partial charge < -0.3 is 30.2 Å². The van der Waals surface area contributed by atoms with Gasteiger partial charge in [-0.1, -0.05) is 24.3 Å². The number of aliphatic carboxylic acids is 1. The highest BCUT2D eigenvalue weighted by molar-refractivity contribution is 8.00. The molecular weight excluding hydrogens is 604 g/mol. The molecule has 2 aromatic carbocycles. The van der Waals surface area contributed by atoms with Crippen molar-refractivity contribution in [1.29, 1.82) is 0 Å². The fourth-order valence-electron chi connectivity index (χ4n) is 5.91. The van der Waals surface area contributed by atoms with Gasteiger partial charge in [0, 0.05) is 36.4 Å². The van der Waals surface area contributed by atoms with Gasteiger partial charge in [0.05, 0.1) is 5.52 Å². The molecule has 3 aliphatic rings. The molecule has 1 saturated heterocycles. The van der Waals surface area contributed by atoms with Crippen LogP contribution < -0.4 is 16.1 Å². The predicted octanol–water partition coefficient (Wildman–Crippen LogP) is 1.43. The number of pyridine rings is 1. The van der Waals surface area contributed by atoms with E-state index in [0.29, 0.717) is 11.9 Å². The highest BCUT2D eigenvalue weighted by Crippen LogP contribution is 2.40. The van der Waals surface area contributed by atoms with Crippen molar-refractivity contribution in [3.63, 3.8) is 0 Å². The van der Waals surface area contributed by atoms with Crippen molar-refractivity contribution in [3.05, 3.63) is 86.8 Å². The summed E-state index contributed by atoms with van der Waals surface area (Å²) in [7, 11) is 0. The summed E-state index contributed by atoms with van der Waals surface area (Å²) in [6, 6.07) is 8.43. The Morgan fingerprint density at radius 2 is 1.87 bits per heavy atom. The zero-order chi connectivity index (χ0) is 32.0. The summed E-state index contributed by atoms with van der Waals surface area (Å²) in [5, 5.41) is 24.5. The Balaban J connectivity index is 1.27. The summed E-state index contributed by atoms with van der Waals surface area (Å²) in [6.45, 7) is 1.52. The summed E-state index contributed by atoms with van der Waals surface area (Å²) >= 11 is 1.20. The molecular formula is C31H28N4O9S. The van der Waals surface area contributed by atoms with Crippen molar-refractivity contribution in [2.45, 2.75) is 43.8 Å². The maximum absolute atomic E-state index is 13.7. The van der Waals surface area contributed by atoms with Gasteiger partial charge in [0.25, 0.3) is 11.8 Å². The fraction of sp³-hybridized carbons (Fsp3) is 0.290. The molecule has 4 N–H and O–H groups in total. The molecule has 13 nitrogen and oxygen atoms in total. The third-order valence-corrected chi connectivity index (χ3v) is 9.37. The predicted molar refractivity (Wildman–Crippen MR) is 161 cm³/mol. The summed E-state index contributed by atoms with van der Waals surface area (Å²) < 4.78 is 6.82. The van der Waals surface area contributed by atoms with Gasteiger partial charge in [-0.15, -0.1) is 11.8 Å². The first kappa shape index (κ1) is 29.9. The molecule has 3 unspecified atom stereocenters. The molecule has 0 bridgehead atoms. The van der Waals surface area contributed by atoms with Crippen LogP contribution in [0.5, 0.6) is 5.75 Å². The van der Waals surface area contributed by atoms with Crippen LogP contribution in [0.4, 0.5) is 0 Å². The van der Waals surface area contributed by atoms with E-state index in [2.05, 4.69) is 10.6 Å². The van der Waals surface area contributed by atoms with E-state index in [-0.39, 0.29) is 40.5 Å². The van der Waals surface area contributed by atoms with Crippen molar-refractivity contribution >= 4 is 52.3 Å². The minimum atomic E-state index is -1.37. The second-order valence-corrected chi connectivity index (χ2v) is 12.0. The van der Waals surface area contributed by atoms with Crippen LogP contribution in [-0.2, 0) is 36.9 Å². The van der Waals surface area contributed by atoms with E-state index in [0.717, 1.165) is 28.8 Å². The number of carboxylic acid groups (broad SMARTS) is 1. The van der Waals surface area contributed by atoms with Gasteiger partial charge in [-0.3, -0.25) is 28.9 Å². The van der Waals surface area contributed by atoms with Crippen LogP contribution in [0.15, 0.2) is 64.7 Å². The number of aryl methyl sites for hydroxylation is 2. The molecule has 1 fully saturated rings. The van der Waals surface area contributed by atoms with Gasteiger partial charge in [-0.05, 0) is 42.2 Å². The smallest absolute Gasteiger partial charge is 0.352 e. The molecule has 6 rings (SSSR count). The molecule has 3 aliphatic heterocycles. The first-order valence-electron chi connectivity index (χ1n) is 14.1. The number of ether oxygens (including phenoxy) is 1. The lowest BCUT2D eigenvalue weighted by molar-refractivity contribution is -0.151. The number of aromatic nitrogens is 1. The molecule has 0 saturated carbocycles. The van der Waals surface area contributed by atoms with Crippen molar-refractivity contribution in [2.75, 3.05) is 12.4 Å². The molecule has 0 spiro atoms. The number of hydrogen-bond acceptors (Lipinski definition) is 9. The molecule has 3 aromatic rings. The Labute approximate surface area is 259 Å². The average molecular weight is 633 g/mol. The van der Waals surface area contributed by atoms with Gasteiger partial charge in [-0.25, -0.2) is 4.79 Å². The lowest BCUT2D eigenvalue weighted by Gasteiger charge is -2.49. The molecule has 232 valence electrons. The van der Waals surface area contributed by atoms with Crippen LogP contribution in [0.2, 0.25) is 0 Å². The number of hydrogen-bond donors (Lipinski definition) is 4. The van der Waals surface area contributed by atoms with Crippen molar-refractivity contribution in [2.24, 2.45) is 0 Å². The van der Waals surface area contributed by atoms with Gasteiger partial charge in [0.1, 0.15) is 41.1 Å². The van der Waals surface area contributed by atoms with Gasteiger partial charge >= 0.3 is 11.9 Å². The van der Waals surface area contributed by atoms with Crippen LogP contribution >= 0.6 is 11.8 Å². The topological polar surface area (TPSA) is 184 Å². The number of amides is 3. The number of para-hydroxylation sites is 1. The fourth-order valence-corrected chi connectivity index (χ4v) is 7.24. The number of thioether (sulfide) groups is 1. The number of esters is 1. The maximum atomic E-state index is 13.7. The third kappa shape index (κ3) is 5.41. The van der Waals surface area contributed by atoms with Gasteiger partial charge in [0.15, 0.2) is 0 Å². The highest BCUT2D eigenvalue weighted by atomic mass is 32.2. The molecule has 1 aromatic heterocycles.